The van der Waals surface area contributed by atoms with Crippen molar-refractivity contribution in [1.82, 2.24) is 20.3 Å². The van der Waals surface area contributed by atoms with E-state index in [1.54, 1.807) is 6.92 Å². The molecule has 0 bridgehead atoms. The Morgan fingerprint density at radius 2 is 2.10 bits per heavy atom. The smallest absolute Gasteiger partial charge is 0.315 e. The average Bonchev–Trinajstić information content (AvgIpc) is 2.42. The molecule has 0 atom stereocenters. The Labute approximate surface area is 118 Å². The number of sulfonamides is 1. The molecule has 20 heavy (non-hydrogen) atoms. The highest BCUT2D eigenvalue weighted by Crippen LogP contribution is 2.04. The largest absolute Gasteiger partial charge is 0.337 e. The summed E-state index contributed by atoms with van der Waals surface area (Å²) in [6.45, 7) is 6.10. The molecule has 0 aliphatic rings. The Bertz CT molecular complexity index is 557. The van der Waals surface area contributed by atoms with Crippen LogP contribution >= 0.6 is 0 Å². The molecule has 0 aliphatic heterocycles. The number of amides is 2. The van der Waals surface area contributed by atoms with Crippen molar-refractivity contribution >= 4 is 16.1 Å². The number of nitrogens with zero attached hydrogens (tertiary/aromatic N) is 1. The van der Waals surface area contributed by atoms with Crippen molar-refractivity contribution in [3.63, 3.8) is 0 Å². The minimum Gasteiger partial charge on any atom is -0.337 e. The zero-order valence-electron chi connectivity index (χ0n) is 11.2. The lowest BCUT2D eigenvalue weighted by Gasteiger charge is -2.08. The zero-order valence-corrected chi connectivity index (χ0v) is 12.0. The van der Waals surface area contributed by atoms with Crippen LogP contribution in [0, 0.1) is 0 Å². The third-order valence-corrected chi connectivity index (χ3v) is 3.64. The van der Waals surface area contributed by atoms with Gasteiger partial charge >= 0.3 is 6.03 Å². The number of carbonyl (C=O) groups is 1. The van der Waals surface area contributed by atoms with Gasteiger partial charge in [0.2, 0.25) is 10.0 Å². The molecule has 7 nitrogen and oxygen atoms in total. The van der Waals surface area contributed by atoms with Gasteiger partial charge in [-0.25, -0.2) is 17.9 Å². The molecular weight excluding hydrogens is 280 g/mol. The van der Waals surface area contributed by atoms with E-state index in [0.717, 1.165) is 5.57 Å². The van der Waals surface area contributed by atoms with Gasteiger partial charge in [-0.05, 0) is 19.1 Å². The van der Waals surface area contributed by atoms with E-state index in [4.69, 9.17) is 0 Å². The van der Waals surface area contributed by atoms with Crippen LogP contribution in [0.25, 0.3) is 0 Å². The Hall–Kier alpha value is -1.93. The van der Waals surface area contributed by atoms with Crippen LogP contribution in [0.2, 0.25) is 0 Å². The molecule has 0 fully saturated rings. The third kappa shape index (κ3) is 5.81. The van der Waals surface area contributed by atoms with Crippen molar-refractivity contribution < 1.29 is 13.2 Å². The van der Waals surface area contributed by atoms with Crippen LogP contribution in [0.5, 0.6) is 0 Å². The Kier molecular flexibility index (Phi) is 6.13. The summed E-state index contributed by atoms with van der Waals surface area (Å²) in [4.78, 5) is 15.1. The lowest BCUT2D eigenvalue weighted by Crippen LogP contribution is -2.40. The van der Waals surface area contributed by atoms with Crippen LogP contribution < -0.4 is 15.4 Å². The molecule has 1 aromatic rings. The fraction of sp³-hybridized carbons (Fsp3) is 0.333. The molecule has 3 N–H and O–H groups in total. The van der Waals surface area contributed by atoms with E-state index in [2.05, 4.69) is 26.9 Å². The summed E-state index contributed by atoms with van der Waals surface area (Å²) in [6, 6.07) is 2.62. The maximum atomic E-state index is 11.8. The second kappa shape index (κ2) is 7.61. The maximum absolute atomic E-state index is 11.8. The van der Waals surface area contributed by atoms with Crippen molar-refractivity contribution in [1.29, 1.82) is 0 Å². The summed E-state index contributed by atoms with van der Waals surface area (Å²) in [7, 11) is -3.58. The lowest BCUT2D eigenvalue weighted by atomic mass is 10.3. The quantitative estimate of drug-likeness (QED) is 0.496. The van der Waals surface area contributed by atoms with Gasteiger partial charge in [-0.1, -0.05) is 12.2 Å². The van der Waals surface area contributed by atoms with E-state index < -0.39 is 10.0 Å². The van der Waals surface area contributed by atoms with Crippen LogP contribution in [0.15, 0.2) is 41.6 Å². The molecule has 0 saturated heterocycles. The van der Waals surface area contributed by atoms with Gasteiger partial charge in [-0.2, -0.15) is 0 Å². The number of pyridine rings is 1. The van der Waals surface area contributed by atoms with Gasteiger partial charge in [0.05, 0.1) is 0 Å². The molecule has 110 valence electrons. The van der Waals surface area contributed by atoms with E-state index in [1.165, 1.54) is 24.5 Å². The Morgan fingerprint density at radius 3 is 2.70 bits per heavy atom. The van der Waals surface area contributed by atoms with Gasteiger partial charge in [0.15, 0.2) is 0 Å². The third-order valence-electron chi connectivity index (χ3n) is 2.20. The molecule has 2 amide bonds. The van der Waals surface area contributed by atoms with Gasteiger partial charge < -0.3 is 10.6 Å². The van der Waals surface area contributed by atoms with Crippen molar-refractivity contribution in [3.05, 3.63) is 36.7 Å². The van der Waals surface area contributed by atoms with Crippen LogP contribution in [0.1, 0.15) is 6.92 Å². The molecular formula is C12H18N4O3S. The summed E-state index contributed by atoms with van der Waals surface area (Å²) in [6.07, 6.45) is 2.75. The average molecular weight is 298 g/mol. The number of urea groups is 1. The first-order valence-corrected chi connectivity index (χ1v) is 7.46. The van der Waals surface area contributed by atoms with Crippen LogP contribution in [-0.4, -0.2) is 39.1 Å². The number of hydrogen-bond acceptors (Lipinski definition) is 4. The summed E-state index contributed by atoms with van der Waals surface area (Å²) < 4.78 is 26.0. The minimum atomic E-state index is -3.58. The first kappa shape index (κ1) is 16.1. The number of nitrogens with one attached hydrogen (secondary N) is 3. The SMILES string of the molecule is C=C(C)CNC(=O)NCCNS(=O)(=O)c1cccnc1. The van der Waals surface area contributed by atoms with E-state index in [0.29, 0.717) is 6.54 Å². The first-order chi connectivity index (χ1) is 9.42. The fourth-order valence-electron chi connectivity index (χ4n) is 1.24. The molecule has 0 aliphatic carbocycles. The number of carbonyl (C=O) groups excluding carboxylic acids is 1. The standard InChI is InChI=1S/C12H18N4O3S/c1-10(2)8-15-12(17)14-6-7-16-20(18,19)11-4-3-5-13-9-11/h3-5,9,16H,1,6-8H2,2H3,(H2,14,15,17). The van der Waals surface area contributed by atoms with E-state index in [1.807, 2.05) is 0 Å². The zero-order chi connectivity index (χ0) is 15.0. The van der Waals surface area contributed by atoms with Crippen molar-refractivity contribution in [2.75, 3.05) is 19.6 Å². The molecule has 0 saturated carbocycles. The molecule has 1 heterocycles. The predicted molar refractivity (Wildman–Crippen MR) is 75.6 cm³/mol. The summed E-state index contributed by atoms with van der Waals surface area (Å²) in [5, 5.41) is 5.10. The lowest BCUT2D eigenvalue weighted by molar-refractivity contribution is 0.242. The predicted octanol–water partition coefficient (Wildman–Crippen LogP) is 0.235. The van der Waals surface area contributed by atoms with Gasteiger partial charge in [-0.3, -0.25) is 4.98 Å². The normalized spacial score (nSPS) is 10.8. The van der Waals surface area contributed by atoms with E-state index in [-0.39, 0.29) is 24.0 Å². The van der Waals surface area contributed by atoms with Crippen molar-refractivity contribution in [2.24, 2.45) is 0 Å². The molecule has 0 radical (unpaired) electrons. The first-order valence-electron chi connectivity index (χ1n) is 5.97. The van der Waals surface area contributed by atoms with E-state index >= 15 is 0 Å². The fourth-order valence-corrected chi connectivity index (χ4v) is 2.24. The van der Waals surface area contributed by atoms with Crippen LogP contribution in [0.4, 0.5) is 4.79 Å². The molecule has 0 spiro atoms. The monoisotopic (exact) mass is 298 g/mol. The second-order valence-corrected chi connectivity index (χ2v) is 5.92. The maximum Gasteiger partial charge on any atom is 0.315 e. The molecule has 0 aromatic carbocycles. The van der Waals surface area contributed by atoms with Crippen LogP contribution in [-0.2, 0) is 10.0 Å². The van der Waals surface area contributed by atoms with Crippen LogP contribution in [0.3, 0.4) is 0 Å². The second-order valence-electron chi connectivity index (χ2n) is 4.15. The Balaban J connectivity index is 2.31. The number of aromatic nitrogens is 1. The Morgan fingerprint density at radius 1 is 1.35 bits per heavy atom. The number of hydrogen-bond donors (Lipinski definition) is 3. The summed E-state index contributed by atoms with van der Waals surface area (Å²) in [5.41, 5.74) is 0.831. The molecule has 8 heteroatoms. The molecule has 1 rings (SSSR count). The summed E-state index contributed by atoms with van der Waals surface area (Å²) in [5.74, 6) is 0. The summed E-state index contributed by atoms with van der Waals surface area (Å²) >= 11 is 0. The van der Waals surface area contributed by atoms with Gasteiger partial charge in [0.1, 0.15) is 4.90 Å². The highest BCUT2D eigenvalue weighted by Gasteiger charge is 2.12. The van der Waals surface area contributed by atoms with Gasteiger partial charge in [0, 0.05) is 32.0 Å². The molecule has 1 aromatic heterocycles. The number of rotatable bonds is 7. The molecule has 0 unspecified atom stereocenters. The van der Waals surface area contributed by atoms with Gasteiger partial charge in [-0.15, -0.1) is 0 Å². The minimum absolute atomic E-state index is 0.0896. The van der Waals surface area contributed by atoms with Crippen molar-refractivity contribution in [3.8, 4) is 0 Å². The van der Waals surface area contributed by atoms with Crippen molar-refractivity contribution in [2.45, 2.75) is 11.8 Å². The highest BCUT2D eigenvalue weighted by atomic mass is 32.2. The van der Waals surface area contributed by atoms with E-state index in [9.17, 15) is 13.2 Å². The van der Waals surface area contributed by atoms with Gasteiger partial charge in [0.25, 0.3) is 0 Å². The topological polar surface area (TPSA) is 100 Å². The highest BCUT2D eigenvalue weighted by molar-refractivity contribution is 7.89.